The molecule has 0 aliphatic carbocycles. The van der Waals surface area contributed by atoms with Crippen LogP contribution in [0.2, 0.25) is 0 Å². The maximum absolute atomic E-state index is 11.4. The van der Waals surface area contributed by atoms with E-state index in [0.717, 1.165) is 19.6 Å². The first kappa shape index (κ1) is 14.0. The summed E-state index contributed by atoms with van der Waals surface area (Å²) in [4.78, 5) is 13.9. The molecule has 2 atom stereocenters. The fourth-order valence-electron chi connectivity index (χ4n) is 2.56. The van der Waals surface area contributed by atoms with E-state index in [2.05, 4.69) is 24.1 Å². The molecule has 1 heterocycles. The maximum atomic E-state index is 11.4. The molecule has 0 saturated carbocycles. The maximum Gasteiger partial charge on any atom is 0.337 e. The monoisotopic (exact) mass is 262 g/mol. The third-order valence-corrected chi connectivity index (χ3v) is 3.75. The minimum absolute atomic E-state index is 0.282. The fourth-order valence-corrected chi connectivity index (χ4v) is 2.56. The first-order valence-corrected chi connectivity index (χ1v) is 6.75. The van der Waals surface area contributed by atoms with Crippen molar-refractivity contribution >= 4 is 5.97 Å². The van der Waals surface area contributed by atoms with E-state index < -0.39 is 0 Å². The molecule has 104 valence electrons. The topological polar surface area (TPSA) is 41.6 Å². The molecule has 0 radical (unpaired) electrons. The van der Waals surface area contributed by atoms with Crippen molar-refractivity contribution < 1.29 is 9.53 Å². The Kier molecular flexibility index (Phi) is 4.56. The number of hydrogen-bond acceptors (Lipinski definition) is 4. The van der Waals surface area contributed by atoms with Gasteiger partial charge in [-0.25, -0.2) is 4.79 Å². The van der Waals surface area contributed by atoms with Crippen LogP contribution < -0.4 is 5.32 Å². The van der Waals surface area contributed by atoms with E-state index in [4.69, 9.17) is 4.74 Å². The molecule has 1 fully saturated rings. The minimum atomic E-state index is -0.282. The number of nitrogens with zero attached hydrogens (tertiary/aromatic N) is 1. The summed E-state index contributed by atoms with van der Waals surface area (Å²) >= 11 is 0. The number of esters is 1. The van der Waals surface area contributed by atoms with E-state index >= 15 is 0 Å². The van der Waals surface area contributed by atoms with E-state index in [0.29, 0.717) is 17.6 Å². The van der Waals surface area contributed by atoms with Crippen LogP contribution in [0.3, 0.4) is 0 Å². The van der Waals surface area contributed by atoms with Crippen LogP contribution in [-0.2, 0) is 11.3 Å². The molecule has 4 heteroatoms. The minimum Gasteiger partial charge on any atom is -0.465 e. The second kappa shape index (κ2) is 6.17. The summed E-state index contributed by atoms with van der Waals surface area (Å²) in [5, 5.41) is 3.43. The van der Waals surface area contributed by atoms with Crippen molar-refractivity contribution in [1.29, 1.82) is 0 Å². The van der Waals surface area contributed by atoms with Gasteiger partial charge in [0, 0.05) is 31.7 Å². The molecule has 0 aromatic heterocycles. The highest BCUT2D eigenvalue weighted by Crippen LogP contribution is 2.15. The van der Waals surface area contributed by atoms with Gasteiger partial charge in [-0.1, -0.05) is 12.1 Å². The lowest BCUT2D eigenvalue weighted by Gasteiger charge is -2.39. The van der Waals surface area contributed by atoms with Crippen LogP contribution >= 0.6 is 0 Å². The zero-order valence-corrected chi connectivity index (χ0v) is 11.8. The number of methoxy groups -OCH3 is 1. The van der Waals surface area contributed by atoms with Gasteiger partial charge in [-0.3, -0.25) is 4.90 Å². The zero-order chi connectivity index (χ0) is 13.8. The number of ether oxygens (including phenoxy) is 1. The molecule has 1 saturated heterocycles. The second-order valence-electron chi connectivity index (χ2n) is 5.22. The van der Waals surface area contributed by atoms with E-state index in [1.54, 1.807) is 0 Å². The zero-order valence-electron chi connectivity index (χ0n) is 11.8. The highest BCUT2D eigenvalue weighted by Gasteiger charge is 2.24. The lowest BCUT2D eigenvalue weighted by Crippen LogP contribution is -2.54. The van der Waals surface area contributed by atoms with Gasteiger partial charge in [0.25, 0.3) is 0 Å². The SMILES string of the molecule is COC(=O)c1ccc(CN2[C@H](C)CNC[C@@H]2C)cc1. The van der Waals surface area contributed by atoms with Gasteiger partial charge < -0.3 is 10.1 Å². The van der Waals surface area contributed by atoms with Crippen molar-refractivity contribution in [3.63, 3.8) is 0 Å². The summed E-state index contributed by atoms with van der Waals surface area (Å²) in [5.74, 6) is -0.282. The van der Waals surface area contributed by atoms with Crippen LogP contribution in [0.5, 0.6) is 0 Å². The standard InChI is InChI=1S/C15H22N2O2/c1-11-8-16-9-12(2)17(11)10-13-4-6-14(7-5-13)15(18)19-3/h4-7,11-12,16H,8-10H2,1-3H3/t11-,12+. The van der Waals surface area contributed by atoms with Crippen LogP contribution in [-0.4, -0.2) is 43.2 Å². The summed E-state index contributed by atoms with van der Waals surface area (Å²) in [6.07, 6.45) is 0. The summed E-state index contributed by atoms with van der Waals surface area (Å²) in [6.45, 7) is 7.47. The number of benzene rings is 1. The van der Waals surface area contributed by atoms with Crippen molar-refractivity contribution in [2.75, 3.05) is 20.2 Å². The second-order valence-corrected chi connectivity index (χ2v) is 5.22. The largest absolute Gasteiger partial charge is 0.465 e. The van der Waals surface area contributed by atoms with Crippen LogP contribution in [0.4, 0.5) is 0 Å². The van der Waals surface area contributed by atoms with Crippen molar-refractivity contribution in [3.8, 4) is 0 Å². The molecule has 0 amide bonds. The van der Waals surface area contributed by atoms with Gasteiger partial charge in [0.2, 0.25) is 0 Å². The molecule has 1 aromatic carbocycles. The van der Waals surface area contributed by atoms with Gasteiger partial charge >= 0.3 is 5.97 Å². The summed E-state index contributed by atoms with van der Waals surface area (Å²) in [5.41, 5.74) is 1.83. The number of piperazine rings is 1. The van der Waals surface area contributed by atoms with E-state index in [1.807, 2.05) is 24.3 Å². The molecular weight excluding hydrogens is 240 g/mol. The molecule has 1 N–H and O–H groups in total. The summed E-state index contributed by atoms with van der Waals surface area (Å²) < 4.78 is 4.70. The molecule has 1 aromatic rings. The van der Waals surface area contributed by atoms with Gasteiger partial charge in [-0.05, 0) is 31.5 Å². The number of carbonyl (C=O) groups is 1. The predicted molar refractivity (Wildman–Crippen MR) is 75.1 cm³/mol. The van der Waals surface area contributed by atoms with Gasteiger partial charge in [-0.15, -0.1) is 0 Å². The molecule has 0 spiro atoms. The van der Waals surface area contributed by atoms with Crippen molar-refractivity contribution in [2.45, 2.75) is 32.5 Å². The van der Waals surface area contributed by atoms with Crippen LogP contribution in [0.15, 0.2) is 24.3 Å². The van der Waals surface area contributed by atoms with Gasteiger partial charge in [0.15, 0.2) is 0 Å². The average Bonchev–Trinajstić information content (AvgIpc) is 2.43. The molecule has 2 rings (SSSR count). The number of hydrogen-bond donors (Lipinski definition) is 1. The van der Waals surface area contributed by atoms with Crippen LogP contribution in [0.25, 0.3) is 0 Å². The van der Waals surface area contributed by atoms with Crippen LogP contribution in [0.1, 0.15) is 29.8 Å². The molecule has 0 unspecified atom stereocenters. The lowest BCUT2D eigenvalue weighted by atomic mass is 10.1. The summed E-state index contributed by atoms with van der Waals surface area (Å²) in [6, 6.07) is 8.74. The number of carbonyl (C=O) groups excluding carboxylic acids is 1. The average molecular weight is 262 g/mol. The first-order valence-electron chi connectivity index (χ1n) is 6.75. The summed E-state index contributed by atoms with van der Waals surface area (Å²) in [7, 11) is 1.40. The van der Waals surface area contributed by atoms with E-state index in [1.165, 1.54) is 12.7 Å². The Morgan fingerprint density at radius 2 is 1.84 bits per heavy atom. The van der Waals surface area contributed by atoms with Gasteiger partial charge in [0.1, 0.15) is 0 Å². The van der Waals surface area contributed by atoms with Gasteiger partial charge in [-0.2, -0.15) is 0 Å². The Morgan fingerprint density at radius 1 is 1.26 bits per heavy atom. The smallest absolute Gasteiger partial charge is 0.337 e. The molecule has 19 heavy (non-hydrogen) atoms. The molecule has 4 nitrogen and oxygen atoms in total. The highest BCUT2D eigenvalue weighted by molar-refractivity contribution is 5.89. The Labute approximate surface area is 114 Å². The van der Waals surface area contributed by atoms with Crippen molar-refractivity contribution in [1.82, 2.24) is 10.2 Å². The van der Waals surface area contributed by atoms with Crippen molar-refractivity contribution in [2.24, 2.45) is 0 Å². The van der Waals surface area contributed by atoms with E-state index in [9.17, 15) is 4.79 Å². The predicted octanol–water partition coefficient (Wildman–Crippen LogP) is 1.66. The van der Waals surface area contributed by atoms with Crippen molar-refractivity contribution in [3.05, 3.63) is 35.4 Å². The molecule has 1 aliphatic heterocycles. The third kappa shape index (κ3) is 3.33. The Hall–Kier alpha value is -1.39. The third-order valence-electron chi connectivity index (χ3n) is 3.75. The number of rotatable bonds is 3. The quantitative estimate of drug-likeness (QED) is 0.841. The fraction of sp³-hybridized carbons (Fsp3) is 0.533. The highest BCUT2D eigenvalue weighted by atomic mass is 16.5. The number of nitrogens with one attached hydrogen (secondary N) is 1. The molecule has 0 bridgehead atoms. The lowest BCUT2D eigenvalue weighted by molar-refractivity contribution is 0.0600. The Balaban J connectivity index is 2.04. The first-order chi connectivity index (χ1) is 9.11. The van der Waals surface area contributed by atoms with E-state index in [-0.39, 0.29) is 5.97 Å². The molecular formula is C15H22N2O2. The van der Waals surface area contributed by atoms with Gasteiger partial charge in [0.05, 0.1) is 12.7 Å². The molecule has 1 aliphatic rings. The normalized spacial score (nSPS) is 24.2. The Bertz CT molecular complexity index is 420. The van der Waals surface area contributed by atoms with Crippen LogP contribution in [0, 0.1) is 0 Å². The Morgan fingerprint density at radius 3 is 2.37 bits per heavy atom.